The fourth-order valence-electron chi connectivity index (χ4n) is 4.46. The van der Waals surface area contributed by atoms with Gasteiger partial charge in [-0.3, -0.25) is 19.1 Å². The number of furan rings is 1. The van der Waals surface area contributed by atoms with Crippen molar-refractivity contribution in [3.05, 3.63) is 56.1 Å². The van der Waals surface area contributed by atoms with E-state index in [4.69, 9.17) is 16.6 Å². The van der Waals surface area contributed by atoms with E-state index in [0.29, 0.717) is 33.0 Å². The molecule has 0 aliphatic carbocycles. The molecule has 2 aliphatic heterocycles. The molecule has 9 heteroatoms. The number of piperidine rings is 1. The molecule has 178 valence electrons. The number of pyridine rings is 1. The fraction of sp³-hybridized carbons (Fsp3) is 0.440. The number of nitriles is 1. The van der Waals surface area contributed by atoms with Crippen LogP contribution in [0.2, 0.25) is 0 Å². The van der Waals surface area contributed by atoms with Crippen LogP contribution in [0.15, 0.2) is 32.5 Å². The number of aromatic nitrogens is 1. The number of thioether (sulfide) groups is 1. The van der Waals surface area contributed by atoms with Gasteiger partial charge in [0.2, 0.25) is 0 Å². The second-order valence-electron chi connectivity index (χ2n) is 8.82. The summed E-state index contributed by atoms with van der Waals surface area (Å²) < 4.78 is 7.57. The lowest BCUT2D eigenvalue weighted by molar-refractivity contribution is -0.122. The van der Waals surface area contributed by atoms with Crippen LogP contribution in [0.1, 0.15) is 55.6 Å². The largest absolute Gasteiger partial charge is 0.467 e. The third-order valence-corrected chi connectivity index (χ3v) is 7.80. The fourth-order valence-corrected chi connectivity index (χ4v) is 5.70. The first kappa shape index (κ1) is 24.3. The summed E-state index contributed by atoms with van der Waals surface area (Å²) in [5.74, 6) is 1.88. The molecule has 2 saturated heterocycles. The van der Waals surface area contributed by atoms with Gasteiger partial charge in [0.1, 0.15) is 27.5 Å². The highest BCUT2D eigenvalue weighted by molar-refractivity contribution is 8.26. The lowest BCUT2D eigenvalue weighted by Gasteiger charge is -2.35. The maximum atomic E-state index is 13.3. The molecule has 0 spiro atoms. The summed E-state index contributed by atoms with van der Waals surface area (Å²) >= 11 is 6.73. The molecule has 34 heavy (non-hydrogen) atoms. The molecule has 2 aromatic rings. The third kappa shape index (κ3) is 4.57. The SMILES string of the molecule is CCCn1c(N2CCC(C)CC2)c(C=C2SC(=S)N(Cc3ccco3)C2=O)c(C)c(C#N)c1=O. The Balaban J connectivity index is 1.83. The summed E-state index contributed by atoms with van der Waals surface area (Å²) in [7, 11) is 0. The molecule has 0 bridgehead atoms. The van der Waals surface area contributed by atoms with Crippen molar-refractivity contribution in [2.75, 3.05) is 18.0 Å². The Morgan fingerprint density at radius 1 is 1.32 bits per heavy atom. The molecule has 1 amide bonds. The molecule has 4 heterocycles. The number of hydrogen-bond acceptors (Lipinski definition) is 7. The number of carbonyl (C=O) groups excluding carboxylic acids is 1. The van der Waals surface area contributed by atoms with E-state index in [9.17, 15) is 14.9 Å². The van der Waals surface area contributed by atoms with Crippen LogP contribution >= 0.6 is 24.0 Å². The predicted molar refractivity (Wildman–Crippen MR) is 138 cm³/mol. The first-order chi connectivity index (χ1) is 16.3. The highest BCUT2D eigenvalue weighted by atomic mass is 32.2. The van der Waals surface area contributed by atoms with Crippen LogP contribution in [0.25, 0.3) is 6.08 Å². The summed E-state index contributed by atoms with van der Waals surface area (Å²) in [6, 6.07) is 5.69. The molecule has 0 radical (unpaired) electrons. The molecular formula is C25H28N4O3S2. The maximum absolute atomic E-state index is 13.3. The van der Waals surface area contributed by atoms with Gasteiger partial charge >= 0.3 is 0 Å². The first-order valence-corrected chi connectivity index (χ1v) is 12.8. The van der Waals surface area contributed by atoms with Crippen LogP contribution in [-0.4, -0.2) is 32.8 Å². The zero-order valence-corrected chi connectivity index (χ0v) is 21.3. The van der Waals surface area contributed by atoms with Gasteiger partial charge in [0, 0.05) is 25.2 Å². The number of anilines is 1. The monoisotopic (exact) mass is 496 g/mol. The average molecular weight is 497 g/mol. The van der Waals surface area contributed by atoms with Crippen molar-refractivity contribution in [2.24, 2.45) is 5.92 Å². The zero-order valence-electron chi connectivity index (χ0n) is 19.7. The van der Waals surface area contributed by atoms with Crippen molar-refractivity contribution in [2.45, 2.75) is 53.1 Å². The second-order valence-corrected chi connectivity index (χ2v) is 10.5. The standard InChI is InChI=1S/C25H28N4O3S2/c1-4-9-28-22(27-10-7-16(2)8-11-27)19(17(3)20(14-26)23(28)30)13-21-24(31)29(25(33)34-21)15-18-6-5-12-32-18/h5-6,12-13,16H,4,7-11,15H2,1-3H3. The summed E-state index contributed by atoms with van der Waals surface area (Å²) in [5, 5.41) is 9.78. The number of nitrogens with zero attached hydrogens (tertiary/aromatic N) is 4. The Labute approximate surface area is 209 Å². The van der Waals surface area contributed by atoms with E-state index in [2.05, 4.69) is 17.9 Å². The smallest absolute Gasteiger partial charge is 0.270 e. The number of thiocarbonyl (C=S) groups is 1. The number of amides is 1. The molecule has 2 fully saturated rings. The number of rotatable bonds is 6. The molecule has 0 unspecified atom stereocenters. The topological polar surface area (TPSA) is 82.5 Å². The summed E-state index contributed by atoms with van der Waals surface area (Å²) in [6.45, 7) is 8.48. The van der Waals surface area contributed by atoms with E-state index in [1.165, 1.54) is 16.7 Å². The Kier molecular flexibility index (Phi) is 7.29. The van der Waals surface area contributed by atoms with Gasteiger partial charge in [-0.15, -0.1) is 0 Å². The molecule has 2 aromatic heterocycles. The highest BCUT2D eigenvalue weighted by Crippen LogP contribution is 2.37. The summed E-state index contributed by atoms with van der Waals surface area (Å²) in [6.07, 6.45) is 6.21. The quantitative estimate of drug-likeness (QED) is 0.425. The minimum Gasteiger partial charge on any atom is -0.467 e. The number of carbonyl (C=O) groups is 1. The second kappa shape index (κ2) is 10.2. The molecular weight excluding hydrogens is 468 g/mol. The van der Waals surface area contributed by atoms with Crippen molar-refractivity contribution in [3.63, 3.8) is 0 Å². The van der Waals surface area contributed by atoms with E-state index >= 15 is 0 Å². The van der Waals surface area contributed by atoms with Crippen molar-refractivity contribution >= 4 is 46.1 Å². The van der Waals surface area contributed by atoms with Gasteiger partial charge in [-0.2, -0.15) is 5.26 Å². The normalized spacial score (nSPS) is 18.2. The van der Waals surface area contributed by atoms with Gasteiger partial charge in [-0.25, -0.2) is 0 Å². The summed E-state index contributed by atoms with van der Waals surface area (Å²) in [5.41, 5.74) is 1.21. The molecule has 4 rings (SSSR count). The third-order valence-electron chi connectivity index (χ3n) is 6.42. The van der Waals surface area contributed by atoms with Crippen LogP contribution in [-0.2, 0) is 17.9 Å². The van der Waals surface area contributed by atoms with Gasteiger partial charge in [0.05, 0.1) is 17.7 Å². The average Bonchev–Trinajstić information content (AvgIpc) is 3.42. The van der Waals surface area contributed by atoms with Crippen LogP contribution in [0.5, 0.6) is 0 Å². The van der Waals surface area contributed by atoms with Crippen molar-refractivity contribution < 1.29 is 9.21 Å². The Morgan fingerprint density at radius 2 is 2.06 bits per heavy atom. The van der Waals surface area contributed by atoms with Crippen LogP contribution in [0.3, 0.4) is 0 Å². The minimum atomic E-state index is -0.266. The van der Waals surface area contributed by atoms with Crippen molar-refractivity contribution in [3.8, 4) is 6.07 Å². The van der Waals surface area contributed by atoms with Crippen LogP contribution < -0.4 is 10.5 Å². The van der Waals surface area contributed by atoms with Gasteiger partial charge in [-0.1, -0.05) is 37.8 Å². The zero-order chi connectivity index (χ0) is 24.4. The predicted octanol–water partition coefficient (Wildman–Crippen LogP) is 4.67. The van der Waals surface area contributed by atoms with E-state index in [0.717, 1.165) is 43.7 Å². The van der Waals surface area contributed by atoms with Gasteiger partial charge in [0.25, 0.3) is 11.5 Å². The van der Waals surface area contributed by atoms with E-state index < -0.39 is 0 Å². The summed E-state index contributed by atoms with van der Waals surface area (Å²) in [4.78, 5) is 30.8. The van der Waals surface area contributed by atoms with Gasteiger partial charge < -0.3 is 9.32 Å². The van der Waals surface area contributed by atoms with Crippen molar-refractivity contribution in [1.29, 1.82) is 5.26 Å². The van der Waals surface area contributed by atoms with E-state index in [1.54, 1.807) is 23.8 Å². The van der Waals surface area contributed by atoms with Crippen molar-refractivity contribution in [1.82, 2.24) is 9.47 Å². The van der Waals surface area contributed by atoms with Crippen LogP contribution in [0, 0.1) is 24.2 Å². The maximum Gasteiger partial charge on any atom is 0.270 e. The Hall–Kier alpha value is -2.83. The number of hydrogen-bond donors (Lipinski definition) is 0. The molecule has 0 N–H and O–H groups in total. The minimum absolute atomic E-state index is 0.125. The molecule has 7 nitrogen and oxygen atoms in total. The highest BCUT2D eigenvalue weighted by Gasteiger charge is 2.34. The lowest BCUT2D eigenvalue weighted by atomic mass is 9.97. The van der Waals surface area contributed by atoms with Crippen LogP contribution in [0.4, 0.5) is 5.82 Å². The molecule has 0 saturated carbocycles. The Bertz CT molecular complexity index is 1230. The lowest BCUT2D eigenvalue weighted by Crippen LogP contribution is -2.39. The molecule has 2 aliphatic rings. The van der Waals surface area contributed by atoms with Gasteiger partial charge in [0.15, 0.2) is 0 Å². The molecule has 0 atom stereocenters. The first-order valence-electron chi connectivity index (χ1n) is 11.6. The molecule has 0 aromatic carbocycles. The van der Waals surface area contributed by atoms with E-state index in [-0.39, 0.29) is 23.6 Å². The Morgan fingerprint density at radius 3 is 2.68 bits per heavy atom. The van der Waals surface area contributed by atoms with Gasteiger partial charge in [-0.05, 0) is 55.9 Å². The van der Waals surface area contributed by atoms with E-state index in [1.807, 2.05) is 19.1 Å².